The quantitative estimate of drug-likeness (QED) is 0.474. The molecule has 2 N–H and O–H groups in total. The van der Waals surface area contributed by atoms with E-state index in [0.29, 0.717) is 12.8 Å². The van der Waals surface area contributed by atoms with Crippen LogP contribution in [-0.4, -0.2) is 11.0 Å². The SMILES string of the molecule is O=C1CCC(O)=CN1. The minimum absolute atomic E-state index is 0.0252. The number of carbonyl (C=O) groups excluding carboxylic acids is 1. The van der Waals surface area contributed by atoms with E-state index >= 15 is 0 Å². The average Bonchev–Trinajstić information content (AvgIpc) is 1.77. The summed E-state index contributed by atoms with van der Waals surface area (Å²) in [6, 6.07) is 0. The summed E-state index contributed by atoms with van der Waals surface area (Å²) in [5.41, 5.74) is 0. The Morgan fingerprint density at radius 3 is 2.75 bits per heavy atom. The monoisotopic (exact) mass is 113 g/mol. The van der Waals surface area contributed by atoms with Crippen molar-refractivity contribution < 1.29 is 9.90 Å². The van der Waals surface area contributed by atoms with Gasteiger partial charge in [-0.15, -0.1) is 0 Å². The molecule has 0 radical (unpaired) electrons. The predicted molar refractivity (Wildman–Crippen MR) is 28.1 cm³/mol. The maximum atomic E-state index is 10.3. The van der Waals surface area contributed by atoms with Gasteiger partial charge in [0.15, 0.2) is 0 Å². The van der Waals surface area contributed by atoms with Gasteiger partial charge in [0, 0.05) is 19.0 Å². The molecule has 0 aromatic rings. The number of aliphatic hydroxyl groups is 1. The highest BCUT2D eigenvalue weighted by atomic mass is 16.3. The van der Waals surface area contributed by atoms with Crippen molar-refractivity contribution in [2.75, 3.05) is 0 Å². The molecule has 1 heterocycles. The van der Waals surface area contributed by atoms with Crippen LogP contribution in [0.3, 0.4) is 0 Å². The molecule has 0 saturated carbocycles. The number of carbonyl (C=O) groups is 1. The van der Waals surface area contributed by atoms with Gasteiger partial charge >= 0.3 is 0 Å². The first kappa shape index (κ1) is 5.15. The number of rotatable bonds is 0. The molecule has 3 nitrogen and oxygen atoms in total. The summed E-state index contributed by atoms with van der Waals surface area (Å²) >= 11 is 0. The number of amides is 1. The molecule has 0 unspecified atom stereocenters. The second-order valence-electron chi connectivity index (χ2n) is 1.70. The first-order chi connectivity index (χ1) is 3.79. The van der Waals surface area contributed by atoms with E-state index in [2.05, 4.69) is 5.32 Å². The minimum Gasteiger partial charge on any atom is -0.511 e. The lowest BCUT2D eigenvalue weighted by Crippen LogP contribution is -2.21. The van der Waals surface area contributed by atoms with Crippen LogP contribution in [-0.2, 0) is 4.79 Å². The first-order valence-corrected chi connectivity index (χ1v) is 2.46. The zero-order valence-corrected chi connectivity index (χ0v) is 4.35. The van der Waals surface area contributed by atoms with Crippen molar-refractivity contribution in [1.82, 2.24) is 5.32 Å². The fraction of sp³-hybridized carbons (Fsp3) is 0.400. The van der Waals surface area contributed by atoms with Gasteiger partial charge in [0.1, 0.15) is 5.76 Å². The molecule has 0 bridgehead atoms. The molecule has 3 heteroatoms. The normalized spacial score (nSPS) is 19.5. The number of hydrogen-bond acceptors (Lipinski definition) is 2. The fourth-order valence-electron chi connectivity index (χ4n) is 0.550. The smallest absolute Gasteiger partial charge is 0.224 e. The Labute approximate surface area is 47.0 Å². The molecule has 1 aliphatic heterocycles. The maximum Gasteiger partial charge on any atom is 0.224 e. The lowest BCUT2D eigenvalue weighted by Gasteiger charge is -2.06. The number of nitrogens with one attached hydrogen (secondary N) is 1. The first-order valence-electron chi connectivity index (χ1n) is 2.46. The summed E-state index contributed by atoms with van der Waals surface area (Å²) < 4.78 is 0. The van der Waals surface area contributed by atoms with E-state index in [0.717, 1.165) is 0 Å². The lowest BCUT2D eigenvalue weighted by atomic mass is 10.2. The third kappa shape index (κ3) is 0.992. The Hall–Kier alpha value is -0.990. The van der Waals surface area contributed by atoms with Crippen LogP contribution in [0.1, 0.15) is 12.8 Å². The van der Waals surface area contributed by atoms with Crippen LogP contribution in [0.2, 0.25) is 0 Å². The van der Waals surface area contributed by atoms with Crippen LogP contribution >= 0.6 is 0 Å². The van der Waals surface area contributed by atoms with E-state index in [1.165, 1.54) is 6.20 Å². The second-order valence-corrected chi connectivity index (χ2v) is 1.70. The highest BCUT2D eigenvalue weighted by Gasteiger charge is 2.06. The molecule has 0 aromatic heterocycles. The fourth-order valence-corrected chi connectivity index (χ4v) is 0.550. The average molecular weight is 113 g/mol. The summed E-state index contributed by atoms with van der Waals surface area (Å²) in [5.74, 6) is 0.229. The highest BCUT2D eigenvalue weighted by molar-refractivity contribution is 5.78. The van der Waals surface area contributed by atoms with E-state index < -0.39 is 0 Å². The van der Waals surface area contributed by atoms with Crippen LogP contribution < -0.4 is 5.32 Å². The van der Waals surface area contributed by atoms with Crippen LogP contribution in [0.5, 0.6) is 0 Å². The van der Waals surface area contributed by atoms with E-state index in [1.54, 1.807) is 0 Å². The van der Waals surface area contributed by atoms with Gasteiger partial charge in [-0.25, -0.2) is 0 Å². The van der Waals surface area contributed by atoms with Crippen molar-refractivity contribution in [3.8, 4) is 0 Å². The molecule has 0 atom stereocenters. The zero-order chi connectivity index (χ0) is 5.98. The van der Waals surface area contributed by atoms with Crippen LogP contribution in [0.25, 0.3) is 0 Å². The molecule has 1 rings (SSSR count). The molecular formula is C5H7NO2. The van der Waals surface area contributed by atoms with Gasteiger partial charge < -0.3 is 10.4 Å². The molecule has 0 fully saturated rings. The Morgan fingerprint density at radius 2 is 2.38 bits per heavy atom. The number of hydrogen-bond donors (Lipinski definition) is 2. The van der Waals surface area contributed by atoms with Crippen molar-refractivity contribution in [1.29, 1.82) is 0 Å². The van der Waals surface area contributed by atoms with Crippen LogP contribution in [0.4, 0.5) is 0 Å². The van der Waals surface area contributed by atoms with Crippen LogP contribution in [0, 0.1) is 0 Å². The van der Waals surface area contributed by atoms with Gasteiger partial charge in [-0.1, -0.05) is 0 Å². The van der Waals surface area contributed by atoms with Crippen LogP contribution in [0.15, 0.2) is 12.0 Å². The lowest BCUT2D eigenvalue weighted by molar-refractivity contribution is -0.120. The maximum absolute atomic E-state index is 10.3. The predicted octanol–water partition coefficient (Wildman–Crippen LogP) is 0.296. The Morgan fingerprint density at radius 1 is 1.62 bits per heavy atom. The van der Waals surface area contributed by atoms with E-state index in [4.69, 9.17) is 5.11 Å². The van der Waals surface area contributed by atoms with E-state index in [-0.39, 0.29) is 11.7 Å². The summed E-state index contributed by atoms with van der Waals surface area (Å²) in [6.45, 7) is 0. The standard InChI is InChI=1S/C5H7NO2/c7-4-1-2-5(8)6-3-4/h3,7H,1-2H2,(H,6,8). The third-order valence-electron chi connectivity index (χ3n) is 1.01. The van der Waals surface area contributed by atoms with Crippen molar-refractivity contribution in [3.63, 3.8) is 0 Å². The van der Waals surface area contributed by atoms with Gasteiger partial charge in [0.05, 0.1) is 0 Å². The van der Waals surface area contributed by atoms with Crippen molar-refractivity contribution in [2.24, 2.45) is 0 Å². The highest BCUT2D eigenvalue weighted by Crippen LogP contribution is 2.03. The third-order valence-corrected chi connectivity index (χ3v) is 1.01. The van der Waals surface area contributed by atoms with E-state index in [9.17, 15) is 4.79 Å². The van der Waals surface area contributed by atoms with Crippen molar-refractivity contribution in [2.45, 2.75) is 12.8 Å². The van der Waals surface area contributed by atoms with E-state index in [1.807, 2.05) is 0 Å². The van der Waals surface area contributed by atoms with Gasteiger partial charge in [-0.3, -0.25) is 4.79 Å². The summed E-state index contributed by atoms with van der Waals surface area (Å²) in [5, 5.41) is 11.1. The molecule has 0 spiro atoms. The molecule has 1 amide bonds. The van der Waals surface area contributed by atoms with Crippen molar-refractivity contribution >= 4 is 5.91 Å². The molecule has 0 saturated heterocycles. The Balaban J connectivity index is 2.55. The molecule has 1 aliphatic rings. The molecule has 0 aliphatic carbocycles. The largest absolute Gasteiger partial charge is 0.511 e. The zero-order valence-electron chi connectivity index (χ0n) is 4.35. The summed E-state index contributed by atoms with van der Waals surface area (Å²) in [6.07, 6.45) is 2.21. The number of allylic oxidation sites excluding steroid dienone is 1. The molecule has 8 heavy (non-hydrogen) atoms. The Bertz CT molecular complexity index is 139. The summed E-state index contributed by atoms with van der Waals surface area (Å²) in [4.78, 5) is 10.3. The van der Waals surface area contributed by atoms with Gasteiger partial charge in [-0.05, 0) is 0 Å². The second kappa shape index (κ2) is 1.86. The summed E-state index contributed by atoms with van der Waals surface area (Å²) in [7, 11) is 0. The molecule has 0 aromatic carbocycles. The van der Waals surface area contributed by atoms with Gasteiger partial charge in [0.2, 0.25) is 5.91 Å². The minimum atomic E-state index is -0.0252. The molecule has 44 valence electrons. The van der Waals surface area contributed by atoms with Gasteiger partial charge in [-0.2, -0.15) is 0 Å². The van der Waals surface area contributed by atoms with Crippen molar-refractivity contribution in [3.05, 3.63) is 12.0 Å². The molecular weight excluding hydrogens is 106 g/mol. The topological polar surface area (TPSA) is 49.3 Å². The van der Waals surface area contributed by atoms with Gasteiger partial charge in [0.25, 0.3) is 0 Å². The number of aliphatic hydroxyl groups excluding tert-OH is 1. The Kier molecular flexibility index (Phi) is 1.20.